The fourth-order valence-electron chi connectivity index (χ4n) is 2.35. The molecular weight excluding hydrogens is 318 g/mol. The molecule has 1 aliphatic rings. The summed E-state index contributed by atoms with van der Waals surface area (Å²) < 4.78 is 9.48. The number of aryl methyl sites for hydroxylation is 2. The predicted octanol–water partition coefficient (Wildman–Crippen LogP) is 2.13. The summed E-state index contributed by atoms with van der Waals surface area (Å²) in [4.78, 5) is 15.3. The molecule has 0 N–H and O–H groups in total. The Hall–Kier alpha value is -1.25. The van der Waals surface area contributed by atoms with E-state index < -0.39 is 0 Å². The van der Waals surface area contributed by atoms with Crippen molar-refractivity contribution in [3.8, 4) is 0 Å². The van der Waals surface area contributed by atoms with E-state index in [4.69, 9.17) is 4.74 Å². The van der Waals surface area contributed by atoms with Crippen molar-refractivity contribution in [2.45, 2.75) is 20.3 Å². The quantitative estimate of drug-likeness (QED) is 0.832. The zero-order chi connectivity index (χ0) is 15.5. The van der Waals surface area contributed by atoms with Gasteiger partial charge in [-0.1, -0.05) is 0 Å². The molecule has 120 valence electrons. The topological polar surface area (TPSA) is 54.4 Å². The van der Waals surface area contributed by atoms with E-state index in [1.807, 2.05) is 0 Å². The van der Waals surface area contributed by atoms with E-state index in [0.717, 1.165) is 54.4 Å². The highest BCUT2D eigenvalue weighted by molar-refractivity contribution is 7.15. The third-order valence-electron chi connectivity index (χ3n) is 3.83. The van der Waals surface area contributed by atoms with Crippen LogP contribution < -0.4 is 9.80 Å². The number of ether oxygens (including phenoxy) is 1. The second-order valence-corrected chi connectivity index (χ2v) is 7.26. The maximum absolute atomic E-state index is 5.07. The Labute approximate surface area is 138 Å². The highest BCUT2D eigenvalue weighted by Gasteiger charge is 2.22. The van der Waals surface area contributed by atoms with Crippen LogP contribution in [0.2, 0.25) is 0 Å². The van der Waals surface area contributed by atoms with Crippen LogP contribution in [0.5, 0.6) is 0 Å². The first-order valence-electron chi connectivity index (χ1n) is 7.43. The number of nitrogens with zero attached hydrogens (tertiary/aromatic N) is 5. The molecule has 2 aromatic heterocycles. The van der Waals surface area contributed by atoms with Crippen molar-refractivity contribution in [1.29, 1.82) is 0 Å². The SMILES string of the molecule is COCCc1nsc(N2CCN(c3nc(C)c(C)s3)CC2)n1. The lowest BCUT2D eigenvalue weighted by Crippen LogP contribution is -2.46. The molecule has 1 saturated heterocycles. The van der Waals surface area contributed by atoms with Gasteiger partial charge in [0.25, 0.3) is 0 Å². The normalized spacial score (nSPS) is 15.6. The van der Waals surface area contributed by atoms with Gasteiger partial charge in [0.05, 0.1) is 12.3 Å². The van der Waals surface area contributed by atoms with Crippen molar-refractivity contribution in [1.82, 2.24) is 14.3 Å². The van der Waals surface area contributed by atoms with Gasteiger partial charge in [-0.2, -0.15) is 4.37 Å². The van der Waals surface area contributed by atoms with Crippen LogP contribution >= 0.6 is 22.9 Å². The van der Waals surface area contributed by atoms with Gasteiger partial charge < -0.3 is 14.5 Å². The van der Waals surface area contributed by atoms with Crippen molar-refractivity contribution < 1.29 is 4.74 Å². The summed E-state index contributed by atoms with van der Waals surface area (Å²) in [7, 11) is 1.70. The van der Waals surface area contributed by atoms with Crippen LogP contribution in [0.3, 0.4) is 0 Å². The van der Waals surface area contributed by atoms with Gasteiger partial charge in [-0.25, -0.2) is 9.97 Å². The fraction of sp³-hybridized carbons (Fsp3) is 0.643. The van der Waals surface area contributed by atoms with Gasteiger partial charge >= 0.3 is 0 Å². The van der Waals surface area contributed by atoms with Crippen LogP contribution in [-0.2, 0) is 11.2 Å². The first-order valence-corrected chi connectivity index (χ1v) is 9.02. The van der Waals surface area contributed by atoms with Crippen molar-refractivity contribution in [2.24, 2.45) is 0 Å². The van der Waals surface area contributed by atoms with Gasteiger partial charge in [-0.05, 0) is 13.8 Å². The predicted molar refractivity (Wildman–Crippen MR) is 91.5 cm³/mol. The third kappa shape index (κ3) is 3.39. The lowest BCUT2D eigenvalue weighted by molar-refractivity contribution is 0.201. The minimum absolute atomic E-state index is 0.673. The summed E-state index contributed by atoms with van der Waals surface area (Å²) in [6, 6.07) is 0. The summed E-state index contributed by atoms with van der Waals surface area (Å²) in [5, 5.41) is 2.17. The Bertz CT molecular complexity index is 599. The van der Waals surface area contributed by atoms with Gasteiger partial charge in [0, 0.05) is 56.1 Å². The number of hydrogen-bond donors (Lipinski definition) is 0. The summed E-state index contributed by atoms with van der Waals surface area (Å²) in [5.41, 5.74) is 1.15. The average molecular weight is 339 g/mol. The molecule has 22 heavy (non-hydrogen) atoms. The maximum atomic E-state index is 5.07. The van der Waals surface area contributed by atoms with Crippen LogP contribution in [0, 0.1) is 13.8 Å². The molecule has 3 rings (SSSR count). The molecule has 0 radical (unpaired) electrons. The first kappa shape index (κ1) is 15.6. The number of rotatable bonds is 5. The Morgan fingerprint density at radius 1 is 1.05 bits per heavy atom. The Kier molecular flexibility index (Phi) is 4.90. The zero-order valence-corrected chi connectivity index (χ0v) is 14.8. The second-order valence-electron chi connectivity index (χ2n) is 5.35. The van der Waals surface area contributed by atoms with E-state index in [0.29, 0.717) is 6.61 Å². The largest absolute Gasteiger partial charge is 0.384 e. The number of hydrogen-bond acceptors (Lipinski definition) is 8. The van der Waals surface area contributed by atoms with E-state index in [2.05, 4.69) is 38.0 Å². The minimum Gasteiger partial charge on any atom is -0.384 e. The molecule has 1 fully saturated rings. The minimum atomic E-state index is 0.673. The smallest absolute Gasteiger partial charge is 0.205 e. The van der Waals surface area contributed by atoms with Gasteiger partial charge in [0.2, 0.25) is 5.13 Å². The average Bonchev–Trinajstić information content (AvgIpc) is 3.13. The highest BCUT2D eigenvalue weighted by Crippen LogP contribution is 2.27. The van der Waals surface area contributed by atoms with Crippen LogP contribution in [0.4, 0.5) is 10.3 Å². The number of thiazole rings is 1. The second kappa shape index (κ2) is 6.89. The lowest BCUT2D eigenvalue weighted by atomic mass is 10.3. The number of methoxy groups -OCH3 is 1. The molecule has 0 aromatic carbocycles. The van der Waals surface area contributed by atoms with Crippen molar-refractivity contribution in [2.75, 3.05) is 49.7 Å². The fourth-order valence-corrected chi connectivity index (χ4v) is 4.07. The van der Waals surface area contributed by atoms with Gasteiger partial charge in [-0.15, -0.1) is 11.3 Å². The van der Waals surface area contributed by atoms with E-state index in [1.165, 1.54) is 16.4 Å². The molecule has 0 saturated carbocycles. The molecule has 8 heteroatoms. The summed E-state index contributed by atoms with van der Waals surface area (Å²) in [5.74, 6) is 0.885. The molecular formula is C14H21N5OS2. The molecule has 0 aliphatic carbocycles. The Balaban J connectivity index is 1.58. The summed E-state index contributed by atoms with van der Waals surface area (Å²) in [6.45, 7) is 8.79. The van der Waals surface area contributed by atoms with Crippen LogP contribution in [0.1, 0.15) is 16.4 Å². The number of anilines is 2. The molecule has 0 amide bonds. The molecule has 1 aliphatic heterocycles. The first-order chi connectivity index (χ1) is 10.7. The van der Waals surface area contributed by atoms with Gasteiger partial charge in [0.15, 0.2) is 5.13 Å². The van der Waals surface area contributed by atoms with E-state index in [1.54, 1.807) is 18.4 Å². The molecule has 3 heterocycles. The molecule has 0 bridgehead atoms. The molecule has 6 nitrogen and oxygen atoms in total. The van der Waals surface area contributed by atoms with Crippen molar-refractivity contribution in [3.63, 3.8) is 0 Å². The van der Waals surface area contributed by atoms with Gasteiger partial charge in [0.1, 0.15) is 5.82 Å². The van der Waals surface area contributed by atoms with Gasteiger partial charge in [-0.3, -0.25) is 0 Å². The molecule has 2 aromatic rings. The summed E-state index contributed by atoms with van der Waals surface area (Å²) in [6.07, 6.45) is 0.782. The lowest BCUT2D eigenvalue weighted by Gasteiger charge is -2.34. The van der Waals surface area contributed by atoms with Crippen LogP contribution in [0.25, 0.3) is 0 Å². The zero-order valence-electron chi connectivity index (χ0n) is 13.2. The van der Waals surface area contributed by atoms with Crippen molar-refractivity contribution >= 4 is 33.1 Å². The van der Waals surface area contributed by atoms with E-state index in [9.17, 15) is 0 Å². The van der Waals surface area contributed by atoms with Crippen LogP contribution in [-0.4, -0.2) is 54.2 Å². The molecule has 0 unspecified atom stereocenters. The summed E-state index contributed by atoms with van der Waals surface area (Å²) >= 11 is 3.28. The number of piperazine rings is 1. The Morgan fingerprint density at radius 3 is 2.32 bits per heavy atom. The molecule has 0 spiro atoms. The standard InChI is InChI=1S/C14H21N5OS2/c1-10-11(2)21-13(15-10)18-5-7-19(8-6-18)14-16-12(17-22-14)4-9-20-3/h4-9H2,1-3H3. The molecule has 0 atom stereocenters. The Morgan fingerprint density at radius 2 is 1.73 bits per heavy atom. The highest BCUT2D eigenvalue weighted by atomic mass is 32.1. The van der Waals surface area contributed by atoms with E-state index in [-0.39, 0.29) is 0 Å². The number of aromatic nitrogens is 3. The monoisotopic (exact) mass is 339 g/mol. The maximum Gasteiger partial charge on any atom is 0.205 e. The van der Waals surface area contributed by atoms with Crippen molar-refractivity contribution in [3.05, 3.63) is 16.4 Å². The third-order valence-corrected chi connectivity index (χ3v) is 5.77. The van der Waals surface area contributed by atoms with E-state index >= 15 is 0 Å². The van der Waals surface area contributed by atoms with Crippen LogP contribution in [0.15, 0.2) is 0 Å².